The summed E-state index contributed by atoms with van der Waals surface area (Å²) in [7, 11) is 2.08. The molecule has 0 unspecified atom stereocenters. The minimum Gasteiger partial charge on any atom is -0.508 e. The van der Waals surface area contributed by atoms with Gasteiger partial charge in [-0.05, 0) is 43.7 Å². The molecular weight excluding hydrogens is 322 g/mol. The van der Waals surface area contributed by atoms with Crippen LogP contribution in [0.2, 0.25) is 5.02 Å². The molecule has 2 heterocycles. The van der Waals surface area contributed by atoms with Crippen molar-refractivity contribution in [2.45, 2.75) is 25.4 Å². The number of rotatable bonds is 3. The normalized spacial score (nSPS) is 18.5. The molecule has 4 nitrogen and oxygen atoms in total. The summed E-state index contributed by atoms with van der Waals surface area (Å²) in [6.07, 6.45) is 2.20. The van der Waals surface area contributed by atoms with Crippen LogP contribution in [0.3, 0.4) is 0 Å². The number of para-hydroxylation sites is 2. The van der Waals surface area contributed by atoms with Gasteiger partial charge in [-0.1, -0.05) is 29.8 Å². The fourth-order valence-corrected chi connectivity index (χ4v) is 3.91. The quantitative estimate of drug-likeness (QED) is 0.773. The lowest BCUT2D eigenvalue weighted by Gasteiger charge is -2.25. The summed E-state index contributed by atoms with van der Waals surface area (Å²) in [4.78, 5) is 7.22. The van der Waals surface area contributed by atoms with E-state index in [4.69, 9.17) is 16.6 Å². The molecule has 0 amide bonds. The fraction of sp³-hybridized carbons (Fsp3) is 0.316. The highest BCUT2D eigenvalue weighted by atomic mass is 35.5. The second-order valence-corrected chi connectivity index (χ2v) is 6.79. The molecule has 1 aromatic heterocycles. The molecule has 0 bridgehead atoms. The first kappa shape index (κ1) is 15.5. The number of halogens is 1. The predicted octanol–water partition coefficient (Wildman–Crippen LogP) is 4.27. The summed E-state index contributed by atoms with van der Waals surface area (Å²) in [6, 6.07) is 13.8. The average molecular weight is 342 g/mol. The van der Waals surface area contributed by atoms with Crippen LogP contribution in [0.4, 0.5) is 0 Å². The van der Waals surface area contributed by atoms with E-state index in [1.165, 1.54) is 0 Å². The maximum atomic E-state index is 10.1. The Morgan fingerprint density at radius 2 is 2.04 bits per heavy atom. The first-order valence-corrected chi connectivity index (χ1v) is 8.64. The van der Waals surface area contributed by atoms with E-state index >= 15 is 0 Å². The van der Waals surface area contributed by atoms with Crippen molar-refractivity contribution in [2.75, 3.05) is 6.54 Å². The second-order valence-electron chi connectivity index (χ2n) is 6.38. The summed E-state index contributed by atoms with van der Waals surface area (Å²) in [5.41, 5.74) is 2.98. The first-order chi connectivity index (χ1) is 11.6. The van der Waals surface area contributed by atoms with E-state index in [1.54, 1.807) is 12.1 Å². The third-order valence-corrected chi connectivity index (χ3v) is 5.29. The van der Waals surface area contributed by atoms with Crippen LogP contribution in [0, 0.1) is 0 Å². The Hall–Kier alpha value is -2.04. The van der Waals surface area contributed by atoms with Gasteiger partial charge >= 0.3 is 0 Å². The van der Waals surface area contributed by atoms with Gasteiger partial charge in [-0.3, -0.25) is 4.90 Å². The predicted molar refractivity (Wildman–Crippen MR) is 96.2 cm³/mol. The van der Waals surface area contributed by atoms with Crippen LogP contribution >= 0.6 is 11.6 Å². The van der Waals surface area contributed by atoms with Gasteiger partial charge in [0.05, 0.1) is 17.1 Å². The number of imidazole rings is 1. The Balaban J connectivity index is 1.68. The van der Waals surface area contributed by atoms with Crippen LogP contribution in [0.15, 0.2) is 42.5 Å². The molecule has 0 radical (unpaired) electrons. The van der Waals surface area contributed by atoms with Gasteiger partial charge in [-0.2, -0.15) is 0 Å². The maximum absolute atomic E-state index is 10.1. The summed E-state index contributed by atoms with van der Waals surface area (Å²) in [5.74, 6) is 1.35. The van der Waals surface area contributed by atoms with Gasteiger partial charge in [0.15, 0.2) is 0 Å². The zero-order valence-electron chi connectivity index (χ0n) is 13.6. The minimum absolute atomic E-state index is 0.248. The molecule has 1 saturated heterocycles. The number of hydrogen-bond donors (Lipinski definition) is 1. The highest BCUT2D eigenvalue weighted by molar-refractivity contribution is 6.31. The number of nitrogens with zero attached hydrogens (tertiary/aromatic N) is 3. The van der Waals surface area contributed by atoms with Crippen LogP contribution in [0.1, 0.15) is 30.3 Å². The molecular formula is C19H20ClN3O. The zero-order chi connectivity index (χ0) is 16.7. The summed E-state index contributed by atoms with van der Waals surface area (Å²) >= 11 is 6.29. The molecule has 5 heteroatoms. The molecule has 1 fully saturated rings. The van der Waals surface area contributed by atoms with Crippen molar-refractivity contribution in [3.8, 4) is 5.75 Å². The van der Waals surface area contributed by atoms with Crippen molar-refractivity contribution in [3.05, 3.63) is 58.9 Å². The van der Waals surface area contributed by atoms with E-state index in [9.17, 15) is 5.11 Å². The Labute approximate surface area is 146 Å². The molecule has 0 saturated carbocycles. The fourth-order valence-electron chi connectivity index (χ4n) is 3.68. The molecule has 0 spiro atoms. The van der Waals surface area contributed by atoms with Gasteiger partial charge in [0, 0.05) is 24.2 Å². The molecule has 4 rings (SSSR count). The molecule has 1 aliphatic heterocycles. The lowest BCUT2D eigenvalue weighted by Crippen LogP contribution is -2.25. The largest absolute Gasteiger partial charge is 0.508 e. The van der Waals surface area contributed by atoms with E-state index in [1.807, 2.05) is 18.2 Å². The Kier molecular flexibility index (Phi) is 3.94. The molecule has 2 aromatic carbocycles. The highest BCUT2D eigenvalue weighted by Crippen LogP contribution is 2.36. The standard InChI is InChI=1S/C19H20ClN3O/c1-22-16-8-3-2-7-15(16)21-19(22)17-9-5-11-23(17)12-13-14(20)6-4-10-18(13)24/h2-4,6-8,10,17,24H,5,9,11-12H2,1H3/t17-/m0/s1. The molecule has 1 atom stereocenters. The Morgan fingerprint density at radius 1 is 1.21 bits per heavy atom. The van der Waals surface area contributed by atoms with E-state index in [2.05, 4.69) is 28.6 Å². The lowest BCUT2D eigenvalue weighted by molar-refractivity contribution is 0.234. The smallest absolute Gasteiger partial charge is 0.127 e. The van der Waals surface area contributed by atoms with Crippen LogP contribution in [-0.4, -0.2) is 26.1 Å². The Morgan fingerprint density at radius 3 is 2.83 bits per heavy atom. The number of phenols is 1. The lowest BCUT2D eigenvalue weighted by atomic mass is 10.1. The monoisotopic (exact) mass is 341 g/mol. The van der Waals surface area contributed by atoms with Gasteiger partial charge in [0.1, 0.15) is 11.6 Å². The molecule has 124 valence electrons. The van der Waals surface area contributed by atoms with Crippen molar-refractivity contribution in [1.82, 2.24) is 14.5 Å². The number of benzene rings is 2. The van der Waals surface area contributed by atoms with Gasteiger partial charge in [0.2, 0.25) is 0 Å². The average Bonchev–Trinajstić information content (AvgIpc) is 3.16. The molecule has 1 N–H and O–H groups in total. The zero-order valence-corrected chi connectivity index (χ0v) is 14.4. The van der Waals surface area contributed by atoms with E-state index in [0.717, 1.165) is 41.8 Å². The van der Waals surface area contributed by atoms with Crippen LogP contribution in [0.25, 0.3) is 11.0 Å². The number of phenolic OH excluding ortho intramolecular Hbond substituents is 1. The third-order valence-electron chi connectivity index (χ3n) is 4.94. The van der Waals surface area contributed by atoms with Crippen LogP contribution < -0.4 is 0 Å². The van der Waals surface area contributed by atoms with E-state index < -0.39 is 0 Å². The second kappa shape index (κ2) is 6.11. The number of aromatic hydroxyl groups is 1. The molecule has 1 aliphatic rings. The first-order valence-electron chi connectivity index (χ1n) is 8.27. The molecule has 24 heavy (non-hydrogen) atoms. The number of likely N-dealkylation sites (tertiary alicyclic amines) is 1. The van der Waals surface area contributed by atoms with Crippen molar-refractivity contribution in [3.63, 3.8) is 0 Å². The van der Waals surface area contributed by atoms with Crippen molar-refractivity contribution >= 4 is 22.6 Å². The van der Waals surface area contributed by atoms with Gasteiger partial charge in [-0.15, -0.1) is 0 Å². The highest BCUT2D eigenvalue weighted by Gasteiger charge is 2.30. The maximum Gasteiger partial charge on any atom is 0.127 e. The van der Waals surface area contributed by atoms with Crippen LogP contribution in [-0.2, 0) is 13.6 Å². The minimum atomic E-state index is 0.248. The molecule has 0 aliphatic carbocycles. The van der Waals surface area contributed by atoms with E-state index in [-0.39, 0.29) is 11.8 Å². The number of fused-ring (bicyclic) bond motifs is 1. The number of hydrogen-bond acceptors (Lipinski definition) is 3. The van der Waals surface area contributed by atoms with E-state index in [0.29, 0.717) is 11.6 Å². The number of aromatic nitrogens is 2. The van der Waals surface area contributed by atoms with Gasteiger partial charge < -0.3 is 9.67 Å². The van der Waals surface area contributed by atoms with Crippen molar-refractivity contribution in [2.24, 2.45) is 7.05 Å². The Bertz CT molecular complexity index is 869. The number of aryl methyl sites for hydroxylation is 1. The third kappa shape index (κ3) is 2.56. The van der Waals surface area contributed by atoms with Crippen molar-refractivity contribution in [1.29, 1.82) is 0 Å². The molecule has 3 aromatic rings. The van der Waals surface area contributed by atoms with Gasteiger partial charge in [-0.25, -0.2) is 4.98 Å². The van der Waals surface area contributed by atoms with Crippen LogP contribution in [0.5, 0.6) is 5.75 Å². The summed E-state index contributed by atoms with van der Waals surface area (Å²) < 4.78 is 2.19. The topological polar surface area (TPSA) is 41.3 Å². The van der Waals surface area contributed by atoms with Crippen molar-refractivity contribution < 1.29 is 5.11 Å². The summed E-state index contributed by atoms with van der Waals surface area (Å²) in [6.45, 7) is 1.62. The summed E-state index contributed by atoms with van der Waals surface area (Å²) in [5, 5.41) is 10.8. The van der Waals surface area contributed by atoms with Gasteiger partial charge in [0.25, 0.3) is 0 Å². The SMILES string of the molecule is Cn1c([C@@H]2CCCN2Cc2c(O)cccc2Cl)nc2ccccc21.